The van der Waals surface area contributed by atoms with Crippen LogP contribution in [0.2, 0.25) is 0 Å². The van der Waals surface area contributed by atoms with E-state index in [0.717, 1.165) is 12.1 Å². The van der Waals surface area contributed by atoms with Gasteiger partial charge in [0.15, 0.2) is 5.13 Å². The first-order valence-electron chi connectivity index (χ1n) is 6.43. The molecule has 0 bridgehead atoms. The topological polar surface area (TPSA) is 110 Å². The van der Waals surface area contributed by atoms with Gasteiger partial charge in [0, 0.05) is 24.2 Å². The highest BCUT2D eigenvalue weighted by Gasteiger charge is 2.08. The number of aromatic nitrogens is 4. The molecule has 8 nitrogen and oxygen atoms in total. The number of thiazole rings is 1. The average Bonchev–Trinajstić information content (AvgIpc) is 3.06. The molecule has 2 aromatic rings. The predicted octanol–water partition coefficient (Wildman–Crippen LogP) is 1.17. The van der Waals surface area contributed by atoms with Gasteiger partial charge in [0.2, 0.25) is 5.91 Å². The zero-order valence-corrected chi connectivity index (χ0v) is 12.0. The van der Waals surface area contributed by atoms with Crippen molar-refractivity contribution in [1.29, 1.82) is 0 Å². The molecular formula is C12H15N5O3S. The van der Waals surface area contributed by atoms with Crippen LogP contribution in [0.5, 0.6) is 0 Å². The Morgan fingerprint density at radius 1 is 1.38 bits per heavy atom. The second-order valence-corrected chi connectivity index (χ2v) is 5.29. The maximum Gasteiger partial charge on any atom is 0.303 e. The van der Waals surface area contributed by atoms with Crippen LogP contribution in [0, 0.1) is 0 Å². The molecule has 2 N–H and O–H groups in total. The van der Waals surface area contributed by atoms with Gasteiger partial charge in [-0.3, -0.25) is 9.59 Å². The normalized spacial score (nSPS) is 10.5. The van der Waals surface area contributed by atoms with Gasteiger partial charge in [-0.05, 0) is 19.3 Å². The van der Waals surface area contributed by atoms with Crippen LogP contribution in [0.15, 0.2) is 17.8 Å². The number of nitrogens with one attached hydrogen (secondary N) is 1. The minimum atomic E-state index is -0.794. The van der Waals surface area contributed by atoms with Gasteiger partial charge in [0.25, 0.3) is 0 Å². The van der Waals surface area contributed by atoms with E-state index in [1.807, 2.05) is 0 Å². The van der Waals surface area contributed by atoms with Crippen LogP contribution >= 0.6 is 11.3 Å². The van der Waals surface area contributed by atoms with Crippen LogP contribution in [0.3, 0.4) is 0 Å². The molecule has 0 fully saturated rings. The van der Waals surface area contributed by atoms with E-state index in [2.05, 4.69) is 20.6 Å². The number of rotatable bonds is 8. The van der Waals surface area contributed by atoms with Crippen molar-refractivity contribution in [2.45, 2.75) is 32.2 Å². The van der Waals surface area contributed by atoms with Crippen molar-refractivity contribution >= 4 is 28.3 Å². The Labute approximate surface area is 124 Å². The molecule has 2 rings (SSSR count). The second-order valence-electron chi connectivity index (χ2n) is 4.39. The summed E-state index contributed by atoms with van der Waals surface area (Å²) in [5.41, 5.74) is 0.752. The summed E-state index contributed by atoms with van der Waals surface area (Å²) in [6.45, 7) is 0.0711. The van der Waals surface area contributed by atoms with E-state index in [4.69, 9.17) is 5.11 Å². The number of unbranched alkanes of at least 4 members (excludes halogenated alkanes) is 1. The molecule has 0 radical (unpaired) electrons. The molecule has 1 amide bonds. The van der Waals surface area contributed by atoms with Crippen LogP contribution in [-0.4, -0.2) is 37.0 Å². The summed E-state index contributed by atoms with van der Waals surface area (Å²) in [5, 5.41) is 21.4. The number of hydrogen-bond acceptors (Lipinski definition) is 6. The van der Waals surface area contributed by atoms with Gasteiger partial charge in [-0.1, -0.05) is 5.21 Å². The third-order valence-electron chi connectivity index (χ3n) is 2.64. The lowest BCUT2D eigenvalue weighted by atomic mass is 10.1. The van der Waals surface area contributed by atoms with Crippen LogP contribution < -0.4 is 5.32 Å². The van der Waals surface area contributed by atoms with Gasteiger partial charge in [0.05, 0.1) is 5.69 Å². The zero-order valence-electron chi connectivity index (χ0n) is 11.2. The maximum atomic E-state index is 11.7. The lowest BCUT2D eigenvalue weighted by Crippen LogP contribution is -2.18. The minimum absolute atomic E-state index is 0.0711. The number of aliphatic carboxylic acids is 1. The summed E-state index contributed by atoms with van der Waals surface area (Å²) in [7, 11) is 0. The van der Waals surface area contributed by atoms with E-state index in [1.54, 1.807) is 17.8 Å². The molecule has 9 heteroatoms. The molecule has 0 unspecified atom stereocenters. The average molecular weight is 309 g/mol. The van der Waals surface area contributed by atoms with Crippen LogP contribution in [0.25, 0.3) is 0 Å². The fourth-order valence-electron chi connectivity index (χ4n) is 1.70. The first-order chi connectivity index (χ1) is 10.1. The lowest BCUT2D eigenvalue weighted by Gasteiger charge is -2.00. The molecule has 0 aliphatic carbocycles. The summed E-state index contributed by atoms with van der Waals surface area (Å²) < 4.78 is 1.45. The quantitative estimate of drug-likeness (QED) is 0.708. The van der Waals surface area contributed by atoms with E-state index in [9.17, 15) is 9.59 Å². The molecule has 0 aliphatic heterocycles. The Hall–Kier alpha value is -2.29. The Morgan fingerprint density at radius 3 is 2.95 bits per heavy atom. The van der Waals surface area contributed by atoms with E-state index in [-0.39, 0.29) is 18.9 Å². The van der Waals surface area contributed by atoms with Gasteiger partial charge in [-0.25, -0.2) is 9.67 Å². The smallest absolute Gasteiger partial charge is 0.303 e. The fourth-order valence-corrected chi connectivity index (χ4v) is 2.25. The summed E-state index contributed by atoms with van der Waals surface area (Å²) in [6, 6.07) is 0. The standard InChI is InChI=1S/C12H15N5O3S/c18-10(14-12-13-5-6-21-12)8-17-7-9(15-16-17)3-1-2-4-11(19)20/h5-7H,1-4,8H2,(H,19,20)(H,13,14,18). The number of amides is 1. The summed E-state index contributed by atoms with van der Waals surface area (Å²) >= 11 is 1.35. The third kappa shape index (κ3) is 5.30. The highest BCUT2D eigenvalue weighted by atomic mass is 32.1. The second kappa shape index (κ2) is 7.48. The van der Waals surface area contributed by atoms with Gasteiger partial charge >= 0.3 is 5.97 Å². The molecule has 2 aromatic heterocycles. The highest BCUT2D eigenvalue weighted by molar-refractivity contribution is 7.13. The van der Waals surface area contributed by atoms with Crippen molar-refractivity contribution in [3.05, 3.63) is 23.5 Å². The van der Waals surface area contributed by atoms with Crippen molar-refractivity contribution in [2.75, 3.05) is 5.32 Å². The van der Waals surface area contributed by atoms with Crippen molar-refractivity contribution < 1.29 is 14.7 Å². The molecule has 2 heterocycles. The fraction of sp³-hybridized carbons (Fsp3) is 0.417. The van der Waals surface area contributed by atoms with Gasteiger partial charge < -0.3 is 10.4 Å². The SMILES string of the molecule is O=C(O)CCCCc1cn(CC(=O)Nc2nccs2)nn1. The molecular weight excluding hydrogens is 294 g/mol. The van der Waals surface area contributed by atoms with Crippen molar-refractivity contribution in [1.82, 2.24) is 20.0 Å². The van der Waals surface area contributed by atoms with E-state index < -0.39 is 5.97 Å². The third-order valence-corrected chi connectivity index (χ3v) is 3.33. The van der Waals surface area contributed by atoms with Crippen molar-refractivity contribution in [2.24, 2.45) is 0 Å². The number of carbonyl (C=O) groups excluding carboxylic acids is 1. The van der Waals surface area contributed by atoms with E-state index in [0.29, 0.717) is 18.0 Å². The van der Waals surface area contributed by atoms with Gasteiger partial charge in [0.1, 0.15) is 6.54 Å². The summed E-state index contributed by atoms with van der Waals surface area (Å²) in [5.74, 6) is -1.01. The number of carboxylic acid groups (broad SMARTS) is 1. The van der Waals surface area contributed by atoms with Gasteiger partial charge in [-0.15, -0.1) is 16.4 Å². The summed E-state index contributed by atoms with van der Waals surface area (Å²) in [6.07, 6.45) is 5.46. The lowest BCUT2D eigenvalue weighted by molar-refractivity contribution is -0.137. The Balaban J connectivity index is 1.74. The Morgan fingerprint density at radius 2 is 2.24 bits per heavy atom. The number of carboxylic acids is 1. The van der Waals surface area contributed by atoms with Crippen molar-refractivity contribution in [3.63, 3.8) is 0 Å². The Bertz CT molecular complexity index is 596. The van der Waals surface area contributed by atoms with Crippen LogP contribution in [0.1, 0.15) is 25.0 Å². The minimum Gasteiger partial charge on any atom is -0.481 e. The highest BCUT2D eigenvalue weighted by Crippen LogP contribution is 2.10. The van der Waals surface area contributed by atoms with Crippen LogP contribution in [0.4, 0.5) is 5.13 Å². The Kier molecular flexibility index (Phi) is 5.38. The number of carbonyl (C=O) groups is 2. The first-order valence-corrected chi connectivity index (χ1v) is 7.31. The van der Waals surface area contributed by atoms with Crippen LogP contribution in [-0.2, 0) is 22.6 Å². The van der Waals surface area contributed by atoms with Gasteiger partial charge in [-0.2, -0.15) is 0 Å². The molecule has 0 aromatic carbocycles. The first kappa shape index (κ1) is 15.1. The molecule has 0 atom stereocenters. The van der Waals surface area contributed by atoms with E-state index in [1.165, 1.54) is 16.0 Å². The number of hydrogen-bond donors (Lipinski definition) is 2. The number of aryl methyl sites for hydroxylation is 1. The number of nitrogens with zero attached hydrogens (tertiary/aromatic N) is 4. The van der Waals surface area contributed by atoms with Crippen molar-refractivity contribution in [3.8, 4) is 0 Å². The predicted molar refractivity (Wildman–Crippen MR) is 76.0 cm³/mol. The molecule has 21 heavy (non-hydrogen) atoms. The summed E-state index contributed by atoms with van der Waals surface area (Å²) in [4.78, 5) is 26.1. The molecule has 0 aliphatic rings. The molecule has 112 valence electrons. The molecule has 0 spiro atoms. The number of anilines is 1. The maximum absolute atomic E-state index is 11.7. The zero-order chi connectivity index (χ0) is 15.1. The molecule has 0 saturated carbocycles. The molecule has 0 saturated heterocycles. The van der Waals surface area contributed by atoms with E-state index >= 15 is 0 Å². The monoisotopic (exact) mass is 309 g/mol. The largest absolute Gasteiger partial charge is 0.481 e.